The van der Waals surface area contributed by atoms with Crippen molar-refractivity contribution in [3.8, 4) is 5.82 Å². The van der Waals surface area contributed by atoms with E-state index in [1.807, 2.05) is 0 Å². The van der Waals surface area contributed by atoms with Crippen molar-refractivity contribution in [2.45, 2.75) is 32.9 Å². The van der Waals surface area contributed by atoms with Gasteiger partial charge in [0.05, 0.1) is 35.5 Å². The van der Waals surface area contributed by atoms with Crippen LogP contribution in [0.1, 0.15) is 26.5 Å². The van der Waals surface area contributed by atoms with Gasteiger partial charge >= 0.3 is 0 Å². The molecule has 2 aromatic heterocycles. The summed E-state index contributed by atoms with van der Waals surface area (Å²) in [5.74, 6) is 0.654. The van der Waals surface area contributed by atoms with Crippen molar-refractivity contribution in [3.05, 3.63) is 35.5 Å². The molecule has 0 bridgehead atoms. The van der Waals surface area contributed by atoms with Crippen molar-refractivity contribution in [2.24, 2.45) is 0 Å². The van der Waals surface area contributed by atoms with E-state index in [2.05, 4.69) is 41.2 Å². The second-order valence-electron chi connectivity index (χ2n) is 5.07. The topological polar surface area (TPSA) is 55.6 Å². The maximum absolute atomic E-state index is 5.80. The molecular formula is C12H16ClN5. The van der Waals surface area contributed by atoms with Crippen molar-refractivity contribution in [2.75, 3.05) is 0 Å². The van der Waals surface area contributed by atoms with Gasteiger partial charge in [-0.1, -0.05) is 11.6 Å². The highest BCUT2D eigenvalue weighted by Crippen LogP contribution is 2.09. The molecule has 0 spiro atoms. The summed E-state index contributed by atoms with van der Waals surface area (Å²) in [6, 6.07) is 0. The molecule has 1 N–H and O–H groups in total. The molecule has 5 nitrogen and oxygen atoms in total. The number of hydrogen-bond acceptors (Lipinski definition) is 4. The van der Waals surface area contributed by atoms with Gasteiger partial charge in [-0.15, -0.1) is 0 Å². The lowest BCUT2D eigenvalue weighted by Crippen LogP contribution is -2.35. The second kappa shape index (κ2) is 5.04. The zero-order valence-corrected chi connectivity index (χ0v) is 11.4. The molecule has 2 aromatic rings. The third-order valence-electron chi connectivity index (χ3n) is 2.28. The van der Waals surface area contributed by atoms with Crippen LogP contribution in [0.15, 0.2) is 24.8 Å². The molecule has 6 heteroatoms. The zero-order valence-electron chi connectivity index (χ0n) is 10.7. The van der Waals surface area contributed by atoms with Crippen LogP contribution >= 0.6 is 11.6 Å². The summed E-state index contributed by atoms with van der Waals surface area (Å²) in [7, 11) is 0. The minimum absolute atomic E-state index is 0.0653. The Morgan fingerprint density at radius 2 is 2.00 bits per heavy atom. The summed E-state index contributed by atoms with van der Waals surface area (Å²) in [5, 5.41) is 8.00. The number of hydrogen-bond donors (Lipinski definition) is 1. The molecule has 0 saturated heterocycles. The van der Waals surface area contributed by atoms with Gasteiger partial charge < -0.3 is 5.32 Å². The Kier molecular flexibility index (Phi) is 3.63. The SMILES string of the molecule is CC(C)(C)NCc1cnc(-n2cc(Cl)cn2)cn1. The van der Waals surface area contributed by atoms with Gasteiger partial charge in [0.2, 0.25) is 0 Å². The van der Waals surface area contributed by atoms with E-state index in [-0.39, 0.29) is 5.54 Å². The number of halogens is 1. The minimum atomic E-state index is 0.0653. The van der Waals surface area contributed by atoms with Crippen LogP contribution < -0.4 is 5.32 Å². The molecule has 0 aliphatic carbocycles. The average molecular weight is 266 g/mol. The van der Waals surface area contributed by atoms with Gasteiger partial charge in [-0.25, -0.2) is 9.67 Å². The van der Waals surface area contributed by atoms with Crippen LogP contribution in [0.4, 0.5) is 0 Å². The first kappa shape index (κ1) is 13.0. The summed E-state index contributed by atoms with van der Waals surface area (Å²) in [6.45, 7) is 7.03. The third kappa shape index (κ3) is 3.51. The summed E-state index contributed by atoms with van der Waals surface area (Å²) in [6.07, 6.45) is 6.68. The molecule has 0 atom stereocenters. The normalized spacial score (nSPS) is 11.8. The first-order chi connectivity index (χ1) is 8.44. The maximum Gasteiger partial charge on any atom is 0.171 e. The van der Waals surface area contributed by atoms with Gasteiger partial charge in [-0.05, 0) is 20.8 Å². The molecule has 0 saturated carbocycles. The van der Waals surface area contributed by atoms with Crippen LogP contribution in [0.3, 0.4) is 0 Å². The molecule has 2 rings (SSSR count). The van der Waals surface area contributed by atoms with Crippen molar-refractivity contribution in [1.82, 2.24) is 25.1 Å². The van der Waals surface area contributed by atoms with E-state index in [1.165, 1.54) is 0 Å². The van der Waals surface area contributed by atoms with Gasteiger partial charge in [-0.3, -0.25) is 4.98 Å². The Morgan fingerprint density at radius 3 is 2.50 bits per heavy atom. The fourth-order valence-electron chi connectivity index (χ4n) is 1.34. The molecule has 2 heterocycles. The fourth-order valence-corrected chi connectivity index (χ4v) is 1.48. The van der Waals surface area contributed by atoms with E-state index >= 15 is 0 Å². The maximum atomic E-state index is 5.80. The standard InChI is InChI=1S/C12H16ClN5/c1-12(2,3)16-6-10-5-15-11(7-14-10)18-8-9(13)4-17-18/h4-5,7-8,16H,6H2,1-3H3. The van der Waals surface area contributed by atoms with Crippen LogP contribution in [0.5, 0.6) is 0 Å². The predicted molar refractivity (Wildman–Crippen MR) is 70.8 cm³/mol. The third-order valence-corrected chi connectivity index (χ3v) is 2.47. The fraction of sp³-hybridized carbons (Fsp3) is 0.417. The van der Waals surface area contributed by atoms with E-state index < -0.39 is 0 Å². The molecule has 0 amide bonds. The molecule has 0 fully saturated rings. The Bertz CT molecular complexity index is 512. The van der Waals surface area contributed by atoms with Gasteiger partial charge in [-0.2, -0.15) is 5.10 Å². The van der Waals surface area contributed by atoms with Crippen LogP contribution in [0, 0.1) is 0 Å². The number of rotatable bonds is 3. The summed E-state index contributed by atoms with van der Waals surface area (Å²) >= 11 is 5.80. The summed E-state index contributed by atoms with van der Waals surface area (Å²) < 4.78 is 1.59. The van der Waals surface area contributed by atoms with Gasteiger partial charge in [0.1, 0.15) is 0 Å². The lowest BCUT2D eigenvalue weighted by atomic mass is 10.1. The van der Waals surface area contributed by atoms with Crippen molar-refractivity contribution in [1.29, 1.82) is 0 Å². The monoisotopic (exact) mass is 265 g/mol. The summed E-state index contributed by atoms with van der Waals surface area (Å²) in [4.78, 5) is 8.64. The zero-order chi connectivity index (χ0) is 13.2. The largest absolute Gasteiger partial charge is 0.306 e. The Morgan fingerprint density at radius 1 is 1.22 bits per heavy atom. The summed E-state index contributed by atoms with van der Waals surface area (Å²) in [5.41, 5.74) is 0.961. The predicted octanol–water partition coefficient (Wildman–Crippen LogP) is 2.20. The van der Waals surface area contributed by atoms with Crippen LogP contribution in [0.2, 0.25) is 5.02 Å². The number of nitrogens with zero attached hydrogens (tertiary/aromatic N) is 4. The van der Waals surface area contributed by atoms with E-state index in [0.717, 1.165) is 5.69 Å². The molecule has 0 aliphatic heterocycles. The average Bonchev–Trinajstić information content (AvgIpc) is 2.73. The molecule has 0 unspecified atom stereocenters. The van der Waals surface area contributed by atoms with E-state index in [1.54, 1.807) is 29.5 Å². The van der Waals surface area contributed by atoms with Gasteiger partial charge in [0.25, 0.3) is 0 Å². The van der Waals surface area contributed by atoms with Crippen molar-refractivity contribution in [3.63, 3.8) is 0 Å². The lowest BCUT2D eigenvalue weighted by Gasteiger charge is -2.19. The number of aromatic nitrogens is 4. The Hall–Kier alpha value is -1.46. The minimum Gasteiger partial charge on any atom is -0.306 e. The Labute approximate surface area is 111 Å². The highest BCUT2D eigenvalue weighted by molar-refractivity contribution is 6.30. The smallest absolute Gasteiger partial charge is 0.171 e. The number of nitrogens with one attached hydrogen (secondary N) is 1. The molecule has 0 aromatic carbocycles. The van der Waals surface area contributed by atoms with Crippen molar-refractivity contribution >= 4 is 11.6 Å². The first-order valence-electron chi connectivity index (χ1n) is 5.70. The van der Waals surface area contributed by atoms with E-state index in [9.17, 15) is 0 Å². The van der Waals surface area contributed by atoms with Crippen LogP contribution in [-0.2, 0) is 6.54 Å². The lowest BCUT2D eigenvalue weighted by molar-refractivity contribution is 0.421. The molecule has 0 radical (unpaired) electrons. The second-order valence-corrected chi connectivity index (χ2v) is 5.51. The molecule has 96 valence electrons. The Balaban J connectivity index is 2.06. The van der Waals surface area contributed by atoms with E-state index in [4.69, 9.17) is 11.6 Å². The highest BCUT2D eigenvalue weighted by atomic mass is 35.5. The first-order valence-corrected chi connectivity index (χ1v) is 6.08. The van der Waals surface area contributed by atoms with Gasteiger partial charge in [0.15, 0.2) is 5.82 Å². The van der Waals surface area contributed by atoms with E-state index in [0.29, 0.717) is 17.4 Å². The van der Waals surface area contributed by atoms with Crippen molar-refractivity contribution < 1.29 is 0 Å². The van der Waals surface area contributed by atoms with Crippen LogP contribution in [-0.4, -0.2) is 25.3 Å². The van der Waals surface area contributed by atoms with Gasteiger partial charge in [0, 0.05) is 12.1 Å². The molecular weight excluding hydrogens is 250 g/mol. The quantitative estimate of drug-likeness (QED) is 0.924. The van der Waals surface area contributed by atoms with Crippen LogP contribution in [0.25, 0.3) is 5.82 Å². The highest BCUT2D eigenvalue weighted by Gasteiger charge is 2.09. The molecule has 0 aliphatic rings. The molecule has 18 heavy (non-hydrogen) atoms.